The molecule has 0 amide bonds. The summed E-state index contributed by atoms with van der Waals surface area (Å²) in [4.78, 5) is 11.5. The van der Waals surface area contributed by atoms with Crippen molar-refractivity contribution in [3.05, 3.63) is 54.1 Å². The Bertz CT molecular complexity index is 676. The first-order chi connectivity index (χ1) is 10.2. The average Bonchev–Trinajstić information content (AvgIpc) is 2.89. The molecule has 0 bridgehead atoms. The second kappa shape index (κ2) is 5.52. The number of para-hydroxylation sites is 1. The highest BCUT2D eigenvalue weighted by Gasteiger charge is 2.34. The number of carbonyl (C=O) groups is 1. The highest BCUT2D eigenvalue weighted by molar-refractivity contribution is 5.71. The van der Waals surface area contributed by atoms with Crippen LogP contribution in [0, 0.1) is 12.8 Å². The van der Waals surface area contributed by atoms with Gasteiger partial charge in [-0.05, 0) is 31.9 Å². The predicted octanol–water partition coefficient (Wildman–Crippen LogP) is 2.71. The van der Waals surface area contributed by atoms with E-state index in [9.17, 15) is 9.90 Å². The summed E-state index contributed by atoms with van der Waals surface area (Å²) in [6, 6.07) is 9.82. The van der Waals surface area contributed by atoms with Crippen LogP contribution in [0.3, 0.4) is 0 Å². The molecule has 1 aliphatic carbocycles. The van der Waals surface area contributed by atoms with Crippen LogP contribution >= 0.6 is 0 Å². The molecule has 3 rings (SSSR count). The number of aryl methyl sites for hydroxylation is 1. The topological polar surface area (TPSA) is 68.0 Å². The summed E-state index contributed by atoms with van der Waals surface area (Å²) in [7, 11) is 0. The van der Waals surface area contributed by atoms with E-state index < -0.39 is 11.9 Å². The third-order valence-corrected chi connectivity index (χ3v) is 3.95. The summed E-state index contributed by atoms with van der Waals surface area (Å²) in [6.45, 7) is 1.89. The molecule has 1 heterocycles. The Balaban J connectivity index is 2.07. The summed E-state index contributed by atoms with van der Waals surface area (Å²) in [6.07, 6.45) is 5.19. The monoisotopic (exact) mass is 283 g/mol. The van der Waals surface area contributed by atoms with Gasteiger partial charge in [-0.25, -0.2) is 0 Å². The zero-order valence-corrected chi connectivity index (χ0v) is 11.8. The summed E-state index contributed by atoms with van der Waals surface area (Å²) < 4.78 is 1.96. The predicted molar refractivity (Wildman–Crippen MR) is 78.3 cm³/mol. The maximum Gasteiger partial charge on any atom is 0.307 e. The van der Waals surface area contributed by atoms with Gasteiger partial charge in [0.05, 0.1) is 5.92 Å². The van der Waals surface area contributed by atoms with Crippen molar-refractivity contribution in [1.82, 2.24) is 14.8 Å². The van der Waals surface area contributed by atoms with Crippen molar-refractivity contribution in [2.24, 2.45) is 5.92 Å². The maximum atomic E-state index is 11.5. The zero-order valence-electron chi connectivity index (χ0n) is 11.8. The Hall–Kier alpha value is -2.43. The molecule has 1 N–H and O–H groups in total. The van der Waals surface area contributed by atoms with Crippen LogP contribution in [0.5, 0.6) is 0 Å². The van der Waals surface area contributed by atoms with Gasteiger partial charge in [0.15, 0.2) is 0 Å². The van der Waals surface area contributed by atoms with E-state index in [1.807, 2.05) is 54.0 Å². The van der Waals surface area contributed by atoms with E-state index >= 15 is 0 Å². The number of allylic oxidation sites excluding steroid dienone is 2. The maximum absolute atomic E-state index is 11.5. The van der Waals surface area contributed by atoms with E-state index in [1.54, 1.807) is 0 Å². The lowest BCUT2D eigenvalue weighted by atomic mass is 9.82. The first-order valence-corrected chi connectivity index (χ1v) is 7.03. The SMILES string of the molecule is Cc1nnc([C@@H]2CC=CC[C@@H]2C(=O)O)n1-c1ccccc1. The molecule has 1 aliphatic rings. The third-order valence-electron chi connectivity index (χ3n) is 3.95. The van der Waals surface area contributed by atoms with E-state index in [-0.39, 0.29) is 5.92 Å². The highest BCUT2D eigenvalue weighted by atomic mass is 16.4. The number of hydrogen-bond donors (Lipinski definition) is 1. The average molecular weight is 283 g/mol. The number of aliphatic carboxylic acids is 1. The number of nitrogens with zero attached hydrogens (tertiary/aromatic N) is 3. The second-order valence-corrected chi connectivity index (χ2v) is 5.27. The molecular formula is C16H17N3O2. The van der Waals surface area contributed by atoms with Crippen LogP contribution in [-0.4, -0.2) is 25.8 Å². The largest absolute Gasteiger partial charge is 0.481 e. The summed E-state index contributed by atoms with van der Waals surface area (Å²) in [5.74, 6) is 0.143. The van der Waals surface area contributed by atoms with Crippen molar-refractivity contribution in [3.8, 4) is 5.69 Å². The number of carboxylic acids is 1. The summed E-state index contributed by atoms with van der Waals surface area (Å²) in [5, 5.41) is 17.9. The van der Waals surface area contributed by atoms with E-state index in [0.717, 1.165) is 17.3 Å². The quantitative estimate of drug-likeness (QED) is 0.879. The molecule has 5 heteroatoms. The molecule has 0 spiro atoms. The molecule has 21 heavy (non-hydrogen) atoms. The van der Waals surface area contributed by atoms with Crippen molar-refractivity contribution < 1.29 is 9.90 Å². The second-order valence-electron chi connectivity index (χ2n) is 5.27. The highest BCUT2D eigenvalue weighted by Crippen LogP contribution is 2.35. The lowest BCUT2D eigenvalue weighted by molar-refractivity contribution is -0.142. The number of rotatable bonds is 3. The Labute approximate surface area is 122 Å². The fraction of sp³-hybridized carbons (Fsp3) is 0.312. The zero-order chi connectivity index (χ0) is 14.8. The van der Waals surface area contributed by atoms with Crippen molar-refractivity contribution in [2.45, 2.75) is 25.7 Å². The fourth-order valence-electron chi connectivity index (χ4n) is 2.89. The molecule has 0 unspecified atom stereocenters. The van der Waals surface area contributed by atoms with Gasteiger partial charge in [-0.2, -0.15) is 0 Å². The van der Waals surface area contributed by atoms with Gasteiger partial charge in [-0.15, -0.1) is 10.2 Å². The van der Waals surface area contributed by atoms with Gasteiger partial charge in [0.1, 0.15) is 11.6 Å². The first-order valence-electron chi connectivity index (χ1n) is 7.03. The van der Waals surface area contributed by atoms with Crippen LogP contribution in [0.2, 0.25) is 0 Å². The smallest absolute Gasteiger partial charge is 0.307 e. The minimum Gasteiger partial charge on any atom is -0.481 e. The number of carboxylic acid groups (broad SMARTS) is 1. The Kier molecular flexibility index (Phi) is 3.56. The first kappa shape index (κ1) is 13.5. The van der Waals surface area contributed by atoms with Crippen LogP contribution in [-0.2, 0) is 4.79 Å². The molecule has 108 valence electrons. The van der Waals surface area contributed by atoms with Crippen LogP contribution in [0.15, 0.2) is 42.5 Å². The Morgan fingerprint density at radius 3 is 2.62 bits per heavy atom. The van der Waals surface area contributed by atoms with Gasteiger partial charge >= 0.3 is 5.97 Å². The van der Waals surface area contributed by atoms with Gasteiger partial charge in [0, 0.05) is 11.6 Å². The standard InChI is InChI=1S/C16H17N3O2/c1-11-17-18-15(19(11)12-7-3-2-4-8-12)13-9-5-6-10-14(13)16(20)21/h2-8,13-14H,9-10H2,1H3,(H,20,21)/t13-,14+/m1/s1. The number of benzene rings is 1. The van der Waals surface area contributed by atoms with Crippen LogP contribution < -0.4 is 0 Å². The minimum atomic E-state index is -0.774. The number of aromatic nitrogens is 3. The molecule has 5 nitrogen and oxygen atoms in total. The molecule has 0 radical (unpaired) electrons. The van der Waals surface area contributed by atoms with Gasteiger partial charge in [0.25, 0.3) is 0 Å². The molecule has 1 aromatic heterocycles. The Morgan fingerprint density at radius 1 is 1.19 bits per heavy atom. The van der Waals surface area contributed by atoms with E-state index in [0.29, 0.717) is 12.8 Å². The number of hydrogen-bond acceptors (Lipinski definition) is 3. The van der Waals surface area contributed by atoms with Crippen LogP contribution in [0.25, 0.3) is 5.69 Å². The Morgan fingerprint density at radius 2 is 1.90 bits per heavy atom. The minimum absolute atomic E-state index is 0.145. The van der Waals surface area contributed by atoms with Crippen molar-refractivity contribution in [1.29, 1.82) is 0 Å². The van der Waals surface area contributed by atoms with E-state index in [1.165, 1.54) is 0 Å². The molecule has 0 saturated carbocycles. The van der Waals surface area contributed by atoms with Crippen molar-refractivity contribution >= 4 is 5.97 Å². The van der Waals surface area contributed by atoms with Crippen LogP contribution in [0.4, 0.5) is 0 Å². The van der Waals surface area contributed by atoms with Crippen LogP contribution in [0.1, 0.15) is 30.4 Å². The molecule has 1 aromatic carbocycles. The molecule has 2 aromatic rings. The third kappa shape index (κ3) is 2.46. The normalized spacial score (nSPS) is 21.4. The lowest BCUT2D eigenvalue weighted by Gasteiger charge is -2.25. The van der Waals surface area contributed by atoms with Gasteiger partial charge in [0.2, 0.25) is 0 Å². The lowest BCUT2D eigenvalue weighted by Crippen LogP contribution is -2.26. The molecule has 0 aliphatic heterocycles. The van der Waals surface area contributed by atoms with Gasteiger partial charge in [-0.3, -0.25) is 9.36 Å². The molecule has 0 saturated heterocycles. The van der Waals surface area contributed by atoms with Crippen molar-refractivity contribution in [2.75, 3.05) is 0 Å². The van der Waals surface area contributed by atoms with Crippen molar-refractivity contribution in [3.63, 3.8) is 0 Å². The fourth-order valence-corrected chi connectivity index (χ4v) is 2.89. The molecule has 0 fully saturated rings. The summed E-state index contributed by atoms with van der Waals surface area (Å²) in [5.41, 5.74) is 0.966. The van der Waals surface area contributed by atoms with E-state index in [4.69, 9.17) is 0 Å². The van der Waals surface area contributed by atoms with E-state index in [2.05, 4.69) is 10.2 Å². The molecule has 2 atom stereocenters. The molecular weight excluding hydrogens is 266 g/mol. The van der Waals surface area contributed by atoms with Gasteiger partial charge < -0.3 is 5.11 Å². The van der Waals surface area contributed by atoms with Gasteiger partial charge in [-0.1, -0.05) is 30.4 Å². The summed E-state index contributed by atoms with van der Waals surface area (Å²) >= 11 is 0.